The lowest BCUT2D eigenvalue weighted by Crippen LogP contribution is -2.40. The monoisotopic (exact) mass is 521 g/mol. The maximum absolute atomic E-state index is 10.8. The number of pyridine rings is 1. The third-order valence-electron chi connectivity index (χ3n) is 7.47. The van der Waals surface area contributed by atoms with Gasteiger partial charge in [-0.1, -0.05) is 32.6 Å². The number of β-amino-alcohol motifs (C(OH)–C–C–N with tert-alkyl or cyclic N) is 1. The molecular formula is C31H47N5O2. The number of hydrogen-bond acceptors (Lipinski definition) is 7. The van der Waals surface area contributed by atoms with Crippen molar-refractivity contribution in [2.75, 3.05) is 45.7 Å². The molecule has 1 aromatic carbocycles. The zero-order chi connectivity index (χ0) is 27.7. The molecule has 0 amide bonds. The number of likely N-dealkylation sites (N-methyl/N-ethyl adjacent to an activating group) is 1. The first-order valence-electron chi connectivity index (χ1n) is 13.9. The molecular weight excluding hydrogens is 474 g/mol. The molecule has 0 aliphatic carbocycles. The lowest BCUT2D eigenvalue weighted by Gasteiger charge is -2.32. The average Bonchev–Trinajstić information content (AvgIpc) is 2.91. The Bertz CT molecular complexity index is 1090. The molecule has 1 aliphatic heterocycles. The molecule has 208 valence electrons. The van der Waals surface area contributed by atoms with Crippen molar-refractivity contribution in [3.63, 3.8) is 0 Å². The molecule has 38 heavy (non-hydrogen) atoms. The van der Waals surface area contributed by atoms with E-state index in [1.807, 2.05) is 33.2 Å². The molecule has 0 saturated carbocycles. The van der Waals surface area contributed by atoms with Crippen molar-refractivity contribution in [3.05, 3.63) is 71.1 Å². The van der Waals surface area contributed by atoms with Crippen LogP contribution in [-0.4, -0.2) is 72.4 Å². The van der Waals surface area contributed by atoms with E-state index in [1.54, 1.807) is 6.20 Å². The number of ether oxygens (including phenoxy) is 1. The van der Waals surface area contributed by atoms with Crippen LogP contribution in [0.3, 0.4) is 0 Å². The lowest BCUT2D eigenvalue weighted by atomic mass is 9.94. The van der Waals surface area contributed by atoms with E-state index in [4.69, 9.17) is 4.74 Å². The van der Waals surface area contributed by atoms with Gasteiger partial charge in [0.2, 0.25) is 0 Å². The topological polar surface area (TPSA) is 72.9 Å². The zero-order valence-electron chi connectivity index (χ0n) is 24.2. The van der Waals surface area contributed by atoms with Crippen LogP contribution < -0.4 is 15.4 Å². The minimum absolute atomic E-state index is 0.410. The van der Waals surface area contributed by atoms with Crippen LogP contribution in [0.2, 0.25) is 0 Å². The predicted molar refractivity (Wildman–Crippen MR) is 158 cm³/mol. The zero-order valence-corrected chi connectivity index (χ0v) is 24.2. The molecule has 0 fully saturated rings. The Morgan fingerprint density at radius 2 is 2.03 bits per heavy atom. The van der Waals surface area contributed by atoms with Gasteiger partial charge in [0.15, 0.2) is 0 Å². The number of fused-ring (bicyclic) bond motifs is 1. The standard InChI is InChI=1S/C31H47N5O2/c1-8-26(9-2)34-31-17-24(13-15-32-31)23(5)33-18-28(37)20-36-16-14-29-22(4)30(12-11-25(29)19-36)38-21-27(10-3)35(6)7/h10-13,15,17,26,28,33,37H,5,8-9,14,16,18-21H2,1-4,6-7H3,(H,32,34)/b27-10-. The maximum Gasteiger partial charge on any atom is 0.128 e. The third kappa shape index (κ3) is 7.98. The van der Waals surface area contributed by atoms with Crippen molar-refractivity contribution in [2.24, 2.45) is 0 Å². The van der Waals surface area contributed by atoms with E-state index in [9.17, 15) is 5.11 Å². The van der Waals surface area contributed by atoms with E-state index in [1.165, 1.54) is 16.7 Å². The van der Waals surface area contributed by atoms with Crippen LogP contribution in [0, 0.1) is 6.92 Å². The molecule has 1 aliphatic rings. The van der Waals surface area contributed by atoms with Gasteiger partial charge in [-0.25, -0.2) is 4.98 Å². The number of hydrogen-bond donors (Lipinski definition) is 3. The van der Waals surface area contributed by atoms with Crippen LogP contribution in [-0.2, 0) is 13.0 Å². The molecule has 2 aromatic rings. The maximum atomic E-state index is 10.8. The summed E-state index contributed by atoms with van der Waals surface area (Å²) in [6.45, 7) is 16.1. The van der Waals surface area contributed by atoms with E-state index in [0.29, 0.717) is 25.7 Å². The molecule has 1 unspecified atom stereocenters. The summed E-state index contributed by atoms with van der Waals surface area (Å²) >= 11 is 0. The molecule has 7 nitrogen and oxygen atoms in total. The fourth-order valence-electron chi connectivity index (χ4n) is 4.92. The van der Waals surface area contributed by atoms with E-state index in [0.717, 1.165) is 60.9 Å². The summed E-state index contributed by atoms with van der Waals surface area (Å²) in [7, 11) is 4.07. The first-order valence-corrected chi connectivity index (χ1v) is 13.9. The summed E-state index contributed by atoms with van der Waals surface area (Å²) in [5, 5.41) is 17.6. The van der Waals surface area contributed by atoms with Crippen LogP contribution in [0.5, 0.6) is 5.75 Å². The molecule has 1 aromatic heterocycles. The van der Waals surface area contributed by atoms with Crippen molar-refractivity contribution in [2.45, 2.75) is 65.6 Å². The molecule has 0 spiro atoms. The van der Waals surface area contributed by atoms with E-state index < -0.39 is 6.10 Å². The highest BCUT2D eigenvalue weighted by molar-refractivity contribution is 5.64. The SMILES string of the molecule is C=C(NCC(O)CN1CCc2c(ccc(OC/C(=C/C)N(C)C)c2C)C1)c1ccnc(NC(CC)CC)c1. The van der Waals surface area contributed by atoms with E-state index >= 15 is 0 Å². The van der Waals surface area contributed by atoms with Crippen LogP contribution in [0.25, 0.3) is 5.70 Å². The lowest BCUT2D eigenvalue weighted by molar-refractivity contribution is 0.107. The van der Waals surface area contributed by atoms with Crippen molar-refractivity contribution in [1.29, 1.82) is 0 Å². The van der Waals surface area contributed by atoms with Gasteiger partial charge in [0.25, 0.3) is 0 Å². The van der Waals surface area contributed by atoms with Gasteiger partial charge in [0.05, 0.1) is 6.10 Å². The smallest absolute Gasteiger partial charge is 0.128 e. The van der Waals surface area contributed by atoms with Crippen LogP contribution in [0.15, 0.2) is 48.8 Å². The first-order chi connectivity index (χ1) is 18.2. The minimum Gasteiger partial charge on any atom is -0.487 e. The summed E-state index contributed by atoms with van der Waals surface area (Å²) in [4.78, 5) is 8.85. The Hall–Kier alpha value is -3.03. The predicted octanol–water partition coefficient (Wildman–Crippen LogP) is 4.81. The van der Waals surface area contributed by atoms with Crippen LogP contribution in [0.1, 0.15) is 55.9 Å². The van der Waals surface area contributed by atoms with E-state index in [-0.39, 0.29) is 0 Å². The van der Waals surface area contributed by atoms with Gasteiger partial charge in [-0.05, 0) is 68.0 Å². The van der Waals surface area contributed by atoms with Crippen LogP contribution >= 0.6 is 0 Å². The summed E-state index contributed by atoms with van der Waals surface area (Å²) in [5.74, 6) is 1.81. The van der Waals surface area contributed by atoms with Gasteiger partial charge in [0.1, 0.15) is 18.2 Å². The normalized spacial score (nSPS) is 14.7. The molecule has 0 bridgehead atoms. The molecule has 1 atom stereocenters. The number of nitrogens with zero attached hydrogens (tertiary/aromatic N) is 3. The van der Waals surface area contributed by atoms with Gasteiger partial charge >= 0.3 is 0 Å². The van der Waals surface area contributed by atoms with Gasteiger partial charge in [-0.15, -0.1) is 0 Å². The van der Waals surface area contributed by atoms with Crippen molar-refractivity contribution >= 4 is 11.5 Å². The van der Waals surface area contributed by atoms with Crippen molar-refractivity contribution < 1.29 is 9.84 Å². The second-order valence-electron chi connectivity index (χ2n) is 10.4. The van der Waals surface area contributed by atoms with Crippen LogP contribution in [0.4, 0.5) is 5.82 Å². The highest BCUT2D eigenvalue weighted by atomic mass is 16.5. The van der Waals surface area contributed by atoms with Gasteiger partial charge in [-0.2, -0.15) is 0 Å². The molecule has 0 saturated heterocycles. The number of nitrogens with one attached hydrogen (secondary N) is 2. The Balaban J connectivity index is 1.51. The minimum atomic E-state index is -0.494. The molecule has 0 radical (unpaired) electrons. The number of rotatable bonds is 14. The van der Waals surface area contributed by atoms with Gasteiger partial charge < -0.3 is 25.4 Å². The summed E-state index contributed by atoms with van der Waals surface area (Å²) in [6.07, 6.45) is 6.45. The van der Waals surface area contributed by atoms with Gasteiger partial charge in [0, 0.05) is 69.5 Å². The highest BCUT2D eigenvalue weighted by Gasteiger charge is 2.22. The fourth-order valence-corrected chi connectivity index (χ4v) is 4.92. The third-order valence-corrected chi connectivity index (χ3v) is 7.47. The number of aliphatic hydroxyl groups is 1. The number of allylic oxidation sites excluding steroid dienone is 1. The second-order valence-corrected chi connectivity index (χ2v) is 10.4. The first kappa shape index (κ1) is 29.5. The summed E-state index contributed by atoms with van der Waals surface area (Å²) in [6, 6.07) is 8.64. The van der Waals surface area contributed by atoms with E-state index in [2.05, 4.69) is 71.0 Å². The van der Waals surface area contributed by atoms with Crippen molar-refractivity contribution in [1.82, 2.24) is 20.1 Å². The number of anilines is 1. The Morgan fingerprint density at radius 1 is 1.26 bits per heavy atom. The largest absolute Gasteiger partial charge is 0.487 e. The quantitative estimate of drug-likeness (QED) is 0.329. The van der Waals surface area contributed by atoms with Gasteiger partial charge in [-0.3, -0.25) is 4.90 Å². The number of benzene rings is 1. The molecule has 3 rings (SSSR count). The highest BCUT2D eigenvalue weighted by Crippen LogP contribution is 2.29. The number of aliphatic hydroxyl groups excluding tert-OH is 1. The second kappa shape index (κ2) is 14.2. The van der Waals surface area contributed by atoms with Crippen molar-refractivity contribution in [3.8, 4) is 5.75 Å². The molecule has 2 heterocycles. The Morgan fingerprint density at radius 3 is 2.71 bits per heavy atom. The molecule has 7 heteroatoms. The fraction of sp³-hybridized carbons (Fsp3) is 0.516. The Kier molecular flexibility index (Phi) is 11.0. The summed E-state index contributed by atoms with van der Waals surface area (Å²) in [5.41, 5.74) is 6.85. The molecule has 3 N–H and O–H groups in total. The Labute approximate surface area is 229 Å². The average molecular weight is 522 g/mol. The summed E-state index contributed by atoms with van der Waals surface area (Å²) < 4.78 is 6.15. The number of aromatic nitrogens is 1.